The molecule has 0 aliphatic rings. The summed E-state index contributed by atoms with van der Waals surface area (Å²) in [5.74, 6) is -0.467. The lowest BCUT2D eigenvalue weighted by Gasteiger charge is -2.15. The number of benzene rings is 1. The van der Waals surface area contributed by atoms with Crippen LogP contribution in [0.3, 0.4) is 0 Å². The summed E-state index contributed by atoms with van der Waals surface area (Å²) in [5.41, 5.74) is 1.75. The van der Waals surface area contributed by atoms with Gasteiger partial charge >= 0.3 is 5.97 Å². The van der Waals surface area contributed by atoms with E-state index < -0.39 is 5.97 Å². The molecule has 3 rings (SSSR count). The standard InChI is InChI=1S/C17H14Cl2N2O4/c1-9(13-3-2-10(18)8-20-13)24-16-7-15-11(6-12(16)19)14(21-25-15)4-5-17(22)23/h2-3,6-9H,4-5H2,1H3,(H,22,23)/t9-/m1/s1. The molecule has 0 amide bonds. The van der Waals surface area contributed by atoms with Crippen LogP contribution in [0.1, 0.15) is 30.8 Å². The fourth-order valence-electron chi connectivity index (χ4n) is 2.36. The van der Waals surface area contributed by atoms with E-state index in [2.05, 4.69) is 10.1 Å². The summed E-state index contributed by atoms with van der Waals surface area (Å²) >= 11 is 12.1. The van der Waals surface area contributed by atoms with Crippen LogP contribution in [0, 0.1) is 0 Å². The predicted molar refractivity (Wildman–Crippen MR) is 93.3 cm³/mol. The van der Waals surface area contributed by atoms with Gasteiger partial charge in [0, 0.05) is 24.1 Å². The van der Waals surface area contributed by atoms with Crippen molar-refractivity contribution in [2.75, 3.05) is 0 Å². The molecule has 0 radical (unpaired) electrons. The molecule has 3 aromatic rings. The number of pyridine rings is 1. The van der Waals surface area contributed by atoms with Crippen molar-refractivity contribution in [1.29, 1.82) is 0 Å². The number of rotatable bonds is 6. The third-order valence-electron chi connectivity index (χ3n) is 3.65. The molecular formula is C17H14Cl2N2O4. The highest BCUT2D eigenvalue weighted by Gasteiger charge is 2.16. The molecule has 6 nitrogen and oxygen atoms in total. The Bertz CT molecular complexity index is 909. The second-order valence-corrected chi connectivity index (χ2v) is 6.31. The van der Waals surface area contributed by atoms with E-state index in [0.29, 0.717) is 38.2 Å². The van der Waals surface area contributed by atoms with Gasteiger partial charge in [-0.2, -0.15) is 0 Å². The lowest BCUT2D eigenvalue weighted by molar-refractivity contribution is -0.136. The van der Waals surface area contributed by atoms with E-state index in [-0.39, 0.29) is 18.9 Å². The lowest BCUT2D eigenvalue weighted by atomic mass is 10.1. The highest BCUT2D eigenvalue weighted by atomic mass is 35.5. The number of aliphatic carboxylic acids is 1. The third-order valence-corrected chi connectivity index (χ3v) is 4.16. The van der Waals surface area contributed by atoms with E-state index in [9.17, 15) is 4.79 Å². The monoisotopic (exact) mass is 380 g/mol. The topological polar surface area (TPSA) is 85.5 Å². The first-order valence-electron chi connectivity index (χ1n) is 7.51. The van der Waals surface area contributed by atoms with Crippen LogP contribution in [0.4, 0.5) is 0 Å². The molecule has 0 spiro atoms. The second-order valence-electron chi connectivity index (χ2n) is 5.46. The largest absolute Gasteiger partial charge is 0.483 e. The van der Waals surface area contributed by atoms with Crippen LogP contribution in [-0.4, -0.2) is 21.2 Å². The van der Waals surface area contributed by atoms with E-state index in [1.165, 1.54) is 0 Å². The smallest absolute Gasteiger partial charge is 0.303 e. The third kappa shape index (κ3) is 4.03. The van der Waals surface area contributed by atoms with Crippen LogP contribution in [0.2, 0.25) is 10.0 Å². The van der Waals surface area contributed by atoms with Crippen molar-refractivity contribution in [3.63, 3.8) is 0 Å². The lowest BCUT2D eigenvalue weighted by Crippen LogP contribution is -2.05. The van der Waals surface area contributed by atoms with Crippen LogP contribution in [0.5, 0.6) is 5.75 Å². The number of nitrogens with zero attached hydrogens (tertiary/aromatic N) is 2. The number of fused-ring (bicyclic) bond motifs is 1. The average molecular weight is 381 g/mol. The number of carboxylic acid groups (broad SMARTS) is 1. The number of carboxylic acids is 1. The Kier molecular flexibility index (Phi) is 5.11. The molecule has 0 bridgehead atoms. The molecule has 0 saturated carbocycles. The summed E-state index contributed by atoms with van der Waals surface area (Å²) in [6, 6.07) is 6.82. The van der Waals surface area contributed by atoms with Gasteiger partial charge in [0.2, 0.25) is 0 Å². The highest BCUT2D eigenvalue weighted by molar-refractivity contribution is 6.32. The normalized spacial score (nSPS) is 12.3. The first-order chi connectivity index (χ1) is 11.9. The van der Waals surface area contributed by atoms with Gasteiger partial charge in [-0.1, -0.05) is 28.4 Å². The van der Waals surface area contributed by atoms with Crippen molar-refractivity contribution in [2.24, 2.45) is 0 Å². The Labute approximate surface area is 153 Å². The van der Waals surface area contributed by atoms with Gasteiger partial charge in [0.15, 0.2) is 5.58 Å². The van der Waals surface area contributed by atoms with Gasteiger partial charge in [0.25, 0.3) is 0 Å². The molecule has 0 unspecified atom stereocenters. The molecule has 130 valence electrons. The van der Waals surface area contributed by atoms with E-state index >= 15 is 0 Å². The molecule has 25 heavy (non-hydrogen) atoms. The molecule has 0 saturated heterocycles. The number of hydrogen-bond donors (Lipinski definition) is 1. The van der Waals surface area contributed by atoms with Gasteiger partial charge in [-0.25, -0.2) is 0 Å². The van der Waals surface area contributed by atoms with Gasteiger partial charge in [0.1, 0.15) is 11.9 Å². The molecule has 0 aliphatic carbocycles. The van der Waals surface area contributed by atoms with Crippen LogP contribution >= 0.6 is 23.2 Å². The minimum atomic E-state index is -0.897. The van der Waals surface area contributed by atoms with Gasteiger partial charge in [-0.05, 0) is 25.1 Å². The molecule has 2 aromatic heterocycles. The van der Waals surface area contributed by atoms with Crippen molar-refractivity contribution in [2.45, 2.75) is 25.9 Å². The zero-order chi connectivity index (χ0) is 18.0. The minimum absolute atomic E-state index is 0.0310. The first kappa shape index (κ1) is 17.5. The zero-order valence-corrected chi connectivity index (χ0v) is 14.7. The van der Waals surface area contributed by atoms with Crippen molar-refractivity contribution in [3.05, 3.63) is 51.9 Å². The Hall–Kier alpha value is -2.31. The molecular weight excluding hydrogens is 367 g/mol. The zero-order valence-electron chi connectivity index (χ0n) is 13.2. The van der Waals surface area contributed by atoms with Gasteiger partial charge in [-0.3, -0.25) is 9.78 Å². The Morgan fingerprint density at radius 3 is 2.84 bits per heavy atom. The maximum atomic E-state index is 10.7. The van der Waals surface area contributed by atoms with Crippen LogP contribution in [-0.2, 0) is 11.2 Å². The van der Waals surface area contributed by atoms with Gasteiger partial charge < -0.3 is 14.4 Å². The number of aromatic nitrogens is 2. The van der Waals surface area contributed by atoms with Crippen LogP contribution in [0.15, 0.2) is 35.0 Å². The Morgan fingerprint density at radius 1 is 1.36 bits per heavy atom. The number of carbonyl (C=O) groups is 1. The predicted octanol–water partition coefficient (Wildman–Crippen LogP) is 4.69. The van der Waals surface area contributed by atoms with Crippen LogP contribution < -0.4 is 4.74 Å². The number of halogens is 2. The molecule has 0 aliphatic heterocycles. The highest BCUT2D eigenvalue weighted by Crippen LogP contribution is 2.34. The van der Waals surface area contributed by atoms with Crippen molar-refractivity contribution in [1.82, 2.24) is 10.1 Å². The fraction of sp³-hybridized carbons (Fsp3) is 0.235. The second kappa shape index (κ2) is 7.29. The van der Waals surface area contributed by atoms with Crippen molar-refractivity contribution in [3.8, 4) is 5.75 Å². The SMILES string of the molecule is C[C@@H](Oc1cc2onc(CCC(=O)O)c2cc1Cl)c1ccc(Cl)cn1. The summed E-state index contributed by atoms with van der Waals surface area (Å²) in [7, 11) is 0. The van der Waals surface area contributed by atoms with E-state index in [4.69, 9.17) is 37.6 Å². The molecule has 2 heterocycles. The quantitative estimate of drug-likeness (QED) is 0.667. The fourth-order valence-corrected chi connectivity index (χ4v) is 2.68. The first-order valence-corrected chi connectivity index (χ1v) is 8.27. The number of ether oxygens (including phenoxy) is 1. The van der Waals surface area contributed by atoms with Crippen LogP contribution in [0.25, 0.3) is 11.0 Å². The summed E-state index contributed by atoms with van der Waals surface area (Å²) in [6.45, 7) is 1.84. The van der Waals surface area contributed by atoms with Gasteiger partial charge in [-0.15, -0.1) is 0 Å². The molecule has 8 heteroatoms. The molecule has 1 atom stereocenters. The molecule has 0 fully saturated rings. The number of aryl methyl sites for hydroxylation is 1. The van der Waals surface area contributed by atoms with E-state index in [1.54, 1.807) is 30.5 Å². The Morgan fingerprint density at radius 2 is 2.16 bits per heavy atom. The van der Waals surface area contributed by atoms with Gasteiger partial charge in [0.05, 0.1) is 27.9 Å². The summed E-state index contributed by atoms with van der Waals surface area (Å²) < 4.78 is 11.1. The molecule has 1 N–H and O–H groups in total. The van der Waals surface area contributed by atoms with E-state index in [0.717, 1.165) is 0 Å². The summed E-state index contributed by atoms with van der Waals surface area (Å²) in [4.78, 5) is 14.9. The van der Waals surface area contributed by atoms with Crippen molar-refractivity contribution >= 4 is 40.1 Å². The number of hydrogen-bond acceptors (Lipinski definition) is 5. The minimum Gasteiger partial charge on any atom is -0.483 e. The maximum absolute atomic E-state index is 10.7. The Balaban J connectivity index is 1.83. The molecule has 1 aromatic carbocycles. The maximum Gasteiger partial charge on any atom is 0.303 e. The summed E-state index contributed by atoms with van der Waals surface area (Å²) in [6.07, 6.45) is 1.44. The van der Waals surface area contributed by atoms with E-state index in [1.807, 2.05) is 6.92 Å². The van der Waals surface area contributed by atoms with Crippen molar-refractivity contribution < 1.29 is 19.2 Å². The average Bonchev–Trinajstić information content (AvgIpc) is 2.95. The summed E-state index contributed by atoms with van der Waals surface area (Å²) in [5, 5.41) is 14.3.